The molecule has 0 amide bonds. The molecule has 0 aliphatic carbocycles. The van der Waals surface area contributed by atoms with Crippen molar-refractivity contribution in [3.63, 3.8) is 0 Å². The van der Waals surface area contributed by atoms with Crippen LogP contribution in [-0.4, -0.2) is 15.8 Å². The summed E-state index contributed by atoms with van der Waals surface area (Å²) in [7, 11) is -4.72. The average molecular weight is 208 g/mol. The second kappa shape index (κ2) is 5.17. The largest absolute Gasteiger partial charge is 0.527 e. The van der Waals surface area contributed by atoms with Crippen molar-refractivity contribution < 1.29 is 23.7 Å². The molecule has 0 fully saturated rings. The van der Waals surface area contributed by atoms with Crippen LogP contribution >= 0.6 is 7.82 Å². The number of carbonyl (C=O) groups is 1. The van der Waals surface area contributed by atoms with Crippen LogP contribution in [0.15, 0.2) is 12.2 Å². The summed E-state index contributed by atoms with van der Waals surface area (Å²) in [5.74, 6) is -1.03. The molecule has 13 heavy (non-hydrogen) atoms. The molecule has 0 saturated carbocycles. The Hall–Kier alpha value is -0.640. The molecular weight excluding hydrogens is 195 g/mol. The Balaban J connectivity index is 3.98. The Morgan fingerprint density at radius 1 is 1.54 bits per heavy atom. The third kappa shape index (κ3) is 6.51. The summed E-state index contributed by atoms with van der Waals surface area (Å²) < 4.78 is 14.1. The predicted octanol–water partition coefficient (Wildman–Crippen LogP) is 1.37. The van der Waals surface area contributed by atoms with E-state index >= 15 is 0 Å². The first-order chi connectivity index (χ1) is 5.87. The van der Waals surface area contributed by atoms with Gasteiger partial charge in [-0.3, -0.25) is 9.79 Å². The van der Waals surface area contributed by atoms with Gasteiger partial charge in [0.05, 0.1) is 0 Å². The molecule has 0 atom stereocenters. The van der Waals surface area contributed by atoms with Crippen molar-refractivity contribution >= 4 is 13.8 Å². The topological polar surface area (TPSA) is 83.8 Å². The van der Waals surface area contributed by atoms with E-state index in [0.717, 1.165) is 12.8 Å². The molecule has 0 aromatic rings. The summed E-state index contributed by atoms with van der Waals surface area (Å²) >= 11 is 0. The maximum atomic E-state index is 10.9. The van der Waals surface area contributed by atoms with Gasteiger partial charge in [0.15, 0.2) is 0 Å². The maximum Gasteiger partial charge on any atom is 0.527 e. The van der Waals surface area contributed by atoms with Crippen molar-refractivity contribution in [3.8, 4) is 0 Å². The molecular formula is C7H13O5P. The number of hydrogen-bond donors (Lipinski definition) is 2. The molecule has 0 aromatic carbocycles. The zero-order chi connectivity index (χ0) is 10.5. The Kier molecular flexibility index (Phi) is 4.91. The number of hydrogen-bond acceptors (Lipinski definition) is 3. The number of carbonyl (C=O) groups excluding carboxylic acids is 1. The third-order valence-corrected chi connectivity index (χ3v) is 1.73. The van der Waals surface area contributed by atoms with Crippen molar-refractivity contribution in [1.29, 1.82) is 0 Å². The van der Waals surface area contributed by atoms with E-state index in [0.29, 0.717) is 6.42 Å². The van der Waals surface area contributed by atoms with Gasteiger partial charge in [0.1, 0.15) is 0 Å². The van der Waals surface area contributed by atoms with Crippen molar-refractivity contribution in [2.45, 2.75) is 26.2 Å². The van der Waals surface area contributed by atoms with Crippen LogP contribution in [0.3, 0.4) is 0 Å². The van der Waals surface area contributed by atoms with Crippen LogP contribution in [0.2, 0.25) is 0 Å². The lowest BCUT2D eigenvalue weighted by Gasteiger charge is -2.06. The quantitative estimate of drug-likeness (QED) is 0.526. The average Bonchev–Trinajstić information content (AvgIpc) is 1.96. The van der Waals surface area contributed by atoms with Gasteiger partial charge < -0.3 is 4.52 Å². The van der Waals surface area contributed by atoms with E-state index < -0.39 is 13.8 Å². The number of phosphoric ester groups is 1. The molecule has 0 rings (SSSR count). The minimum absolute atomic E-state index is 0.0881. The van der Waals surface area contributed by atoms with Crippen LogP contribution in [0.4, 0.5) is 0 Å². The molecule has 0 spiro atoms. The molecule has 0 aromatic heterocycles. The van der Waals surface area contributed by atoms with Crippen molar-refractivity contribution in [3.05, 3.63) is 12.2 Å². The third-order valence-electron chi connectivity index (χ3n) is 1.32. The van der Waals surface area contributed by atoms with Crippen molar-refractivity contribution in [1.82, 2.24) is 0 Å². The summed E-state index contributed by atoms with van der Waals surface area (Å²) in [5, 5.41) is 0. The Morgan fingerprint density at radius 3 is 2.46 bits per heavy atom. The van der Waals surface area contributed by atoms with Crippen LogP contribution in [0.25, 0.3) is 0 Å². The normalized spacial score (nSPS) is 11.0. The molecule has 2 N–H and O–H groups in total. The second-order valence-electron chi connectivity index (χ2n) is 2.58. The fourth-order valence-corrected chi connectivity index (χ4v) is 1.01. The summed E-state index contributed by atoms with van der Waals surface area (Å²) in [4.78, 5) is 27.4. The van der Waals surface area contributed by atoms with Crippen molar-refractivity contribution in [2.24, 2.45) is 0 Å². The van der Waals surface area contributed by atoms with E-state index in [9.17, 15) is 9.36 Å². The molecule has 5 nitrogen and oxygen atoms in total. The highest BCUT2D eigenvalue weighted by molar-refractivity contribution is 7.46. The molecule has 0 aliphatic rings. The van der Waals surface area contributed by atoms with Crippen LogP contribution in [0.5, 0.6) is 0 Å². The molecule has 76 valence electrons. The van der Waals surface area contributed by atoms with Crippen LogP contribution in [-0.2, 0) is 13.9 Å². The zero-order valence-corrected chi connectivity index (χ0v) is 8.29. The molecule has 0 bridgehead atoms. The first-order valence-electron chi connectivity index (χ1n) is 3.84. The standard InChI is InChI=1S/C7H13O5P/c1-3-4-5-6(2)7(8)12-13(9,10)11/h2-5H2,1H3,(H2,9,10,11). The van der Waals surface area contributed by atoms with Crippen LogP contribution < -0.4 is 0 Å². The maximum absolute atomic E-state index is 10.9. The fourth-order valence-electron chi connectivity index (χ4n) is 0.665. The summed E-state index contributed by atoms with van der Waals surface area (Å²) in [6, 6.07) is 0. The first-order valence-corrected chi connectivity index (χ1v) is 5.37. The van der Waals surface area contributed by atoms with E-state index in [1.54, 1.807) is 0 Å². The summed E-state index contributed by atoms with van der Waals surface area (Å²) in [6.45, 7) is 5.29. The highest BCUT2D eigenvalue weighted by Crippen LogP contribution is 2.36. The van der Waals surface area contributed by atoms with Gasteiger partial charge in [-0.2, -0.15) is 0 Å². The van der Waals surface area contributed by atoms with E-state index in [-0.39, 0.29) is 5.57 Å². The lowest BCUT2D eigenvalue weighted by atomic mass is 10.1. The van der Waals surface area contributed by atoms with Gasteiger partial charge in [0.25, 0.3) is 0 Å². The first kappa shape index (κ1) is 12.4. The molecule has 0 aliphatic heterocycles. The lowest BCUT2D eigenvalue weighted by Crippen LogP contribution is -2.05. The molecule has 0 radical (unpaired) electrons. The Bertz CT molecular complexity index is 241. The van der Waals surface area contributed by atoms with Gasteiger partial charge in [0, 0.05) is 5.57 Å². The highest BCUT2D eigenvalue weighted by Gasteiger charge is 2.21. The number of phosphoric acid groups is 1. The van der Waals surface area contributed by atoms with Gasteiger partial charge in [-0.1, -0.05) is 19.9 Å². The highest BCUT2D eigenvalue weighted by atomic mass is 31.2. The monoisotopic (exact) mass is 208 g/mol. The Labute approximate surface area is 76.7 Å². The van der Waals surface area contributed by atoms with Gasteiger partial charge in [-0.25, -0.2) is 9.36 Å². The van der Waals surface area contributed by atoms with Gasteiger partial charge >= 0.3 is 13.8 Å². The van der Waals surface area contributed by atoms with Crippen LogP contribution in [0.1, 0.15) is 26.2 Å². The van der Waals surface area contributed by atoms with Crippen molar-refractivity contribution in [2.75, 3.05) is 0 Å². The predicted molar refractivity (Wildman–Crippen MR) is 46.8 cm³/mol. The minimum Gasteiger partial charge on any atom is -0.367 e. The zero-order valence-electron chi connectivity index (χ0n) is 7.39. The second-order valence-corrected chi connectivity index (χ2v) is 3.74. The van der Waals surface area contributed by atoms with E-state index in [1.807, 2.05) is 6.92 Å². The van der Waals surface area contributed by atoms with Gasteiger partial charge in [0.2, 0.25) is 0 Å². The van der Waals surface area contributed by atoms with Gasteiger partial charge in [-0.15, -0.1) is 0 Å². The number of unbranched alkanes of at least 4 members (excludes halogenated alkanes) is 1. The van der Waals surface area contributed by atoms with E-state index in [2.05, 4.69) is 11.1 Å². The minimum atomic E-state index is -4.72. The summed E-state index contributed by atoms with van der Waals surface area (Å²) in [5.41, 5.74) is 0.0881. The molecule has 0 saturated heterocycles. The smallest absolute Gasteiger partial charge is 0.367 e. The fraction of sp³-hybridized carbons (Fsp3) is 0.571. The SMILES string of the molecule is C=C(CCCC)C(=O)OP(=O)(O)O. The number of rotatable bonds is 5. The van der Waals surface area contributed by atoms with Crippen LogP contribution in [0, 0.1) is 0 Å². The van der Waals surface area contributed by atoms with E-state index in [4.69, 9.17) is 9.79 Å². The molecule has 0 unspecified atom stereocenters. The molecule has 0 heterocycles. The summed E-state index contributed by atoms with van der Waals surface area (Å²) in [6.07, 6.45) is 2.02. The Morgan fingerprint density at radius 2 is 2.08 bits per heavy atom. The molecule has 6 heteroatoms. The lowest BCUT2D eigenvalue weighted by molar-refractivity contribution is -0.131. The van der Waals surface area contributed by atoms with Gasteiger partial charge in [-0.05, 0) is 12.8 Å². The van der Waals surface area contributed by atoms with E-state index in [1.165, 1.54) is 0 Å².